The molecular formula is C8H8NNaOS. The SMILES string of the molecule is O=CC1NSc2ccccc21.[NaH]. The molecule has 0 radical (unpaired) electrons. The first kappa shape index (κ1) is 10.3. The van der Waals surface area contributed by atoms with Crippen molar-refractivity contribution in [2.24, 2.45) is 0 Å². The van der Waals surface area contributed by atoms with Crippen LogP contribution < -0.4 is 4.72 Å². The number of aldehydes is 1. The minimum atomic E-state index is -0.115. The van der Waals surface area contributed by atoms with E-state index in [1.807, 2.05) is 24.3 Å². The monoisotopic (exact) mass is 189 g/mol. The standard InChI is InChI=1S/C8H7NOS.Na.H/c10-5-7-6-3-1-2-4-8(6)11-9-7;;/h1-5,7,9H;;. The predicted octanol–water partition coefficient (Wildman–Crippen LogP) is 0.888. The Hall–Kier alpha value is 0.200. The summed E-state index contributed by atoms with van der Waals surface area (Å²) in [5.41, 5.74) is 1.09. The van der Waals surface area contributed by atoms with Crippen LogP contribution in [0.1, 0.15) is 11.6 Å². The molecule has 0 fully saturated rings. The van der Waals surface area contributed by atoms with E-state index in [-0.39, 0.29) is 35.6 Å². The van der Waals surface area contributed by atoms with Crippen LogP contribution >= 0.6 is 11.9 Å². The molecule has 0 bridgehead atoms. The Kier molecular flexibility index (Phi) is 3.80. The first-order valence-electron chi connectivity index (χ1n) is 3.38. The fraction of sp³-hybridized carbons (Fsp3) is 0.125. The molecule has 12 heavy (non-hydrogen) atoms. The number of rotatable bonds is 1. The molecule has 1 heterocycles. The Morgan fingerprint density at radius 2 is 2.17 bits per heavy atom. The van der Waals surface area contributed by atoms with Gasteiger partial charge in [-0.25, -0.2) is 4.72 Å². The molecule has 2 rings (SSSR count). The molecule has 0 spiro atoms. The van der Waals surface area contributed by atoms with E-state index in [9.17, 15) is 4.79 Å². The van der Waals surface area contributed by atoms with Gasteiger partial charge in [-0.15, -0.1) is 0 Å². The number of hydrogen-bond acceptors (Lipinski definition) is 3. The maximum absolute atomic E-state index is 10.5. The van der Waals surface area contributed by atoms with E-state index in [2.05, 4.69) is 4.72 Å². The Balaban J connectivity index is 0.000000720. The molecule has 1 N–H and O–H groups in total. The van der Waals surface area contributed by atoms with Gasteiger partial charge in [0.05, 0.1) is 6.04 Å². The van der Waals surface area contributed by atoms with Gasteiger partial charge >= 0.3 is 29.6 Å². The Morgan fingerprint density at radius 1 is 1.42 bits per heavy atom. The van der Waals surface area contributed by atoms with Crippen LogP contribution in [-0.2, 0) is 4.79 Å². The van der Waals surface area contributed by atoms with Crippen molar-refractivity contribution in [3.05, 3.63) is 29.8 Å². The number of benzene rings is 1. The van der Waals surface area contributed by atoms with Crippen molar-refractivity contribution in [2.75, 3.05) is 0 Å². The molecule has 0 aromatic heterocycles. The van der Waals surface area contributed by atoms with Crippen LogP contribution in [-0.4, -0.2) is 35.8 Å². The van der Waals surface area contributed by atoms with Gasteiger partial charge in [0.1, 0.15) is 6.29 Å². The van der Waals surface area contributed by atoms with Gasteiger partial charge < -0.3 is 4.79 Å². The number of carbonyl (C=O) groups excluding carboxylic acids is 1. The van der Waals surface area contributed by atoms with Crippen molar-refractivity contribution in [1.82, 2.24) is 4.72 Å². The summed E-state index contributed by atoms with van der Waals surface area (Å²) in [6.45, 7) is 0. The molecule has 1 aromatic rings. The average molecular weight is 189 g/mol. The van der Waals surface area contributed by atoms with Crippen LogP contribution in [0.5, 0.6) is 0 Å². The van der Waals surface area contributed by atoms with E-state index < -0.39 is 0 Å². The fourth-order valence-electron chi connectivity index (χ4n) is 1.12. The Bertz CT molecular complexity index is 292. The van der Waals surface area contributed by atoms with Crippen LogP contribution in [0.4, 0.5) is 0 Å². The van der Waals surface area contributed by atoms with E-state index in [0.29, 0.717) is 0 Å². The molecule has 4 heteroatoms. The molecular weight excluding hydrogens is 181 g/mol. The second kappa shape index (κ2) is 4.44. The molecule has 1 aliphatic heterocycles. The summed E-state index contributed by atoms with van der Waals surface area (Å²) in [5.74, 6) is 0. The van der Waals surface area contributed by atoms with Crippen LogP contribution in [0.2, 0.25) is 0 Å². The van der Waals surface area contributed by atoms with E-state index >= 15 is 0 Å². The topological polar surface area (TPSA) is 29.1 Å². The third-order valence-electron chi connectivity index (χ3n) is 1.69. The maximum atomic E-state index is 10.5. The van der Waals surface area contributed by atoms with Crippen LogP contribution in [0.15, 0.2) is 29.2 Å². The molecule has 1 aliphatic rings. The fourth-order valence-corrected chi connectivity index (χ4v) is 2.02. The third-order valence-corrected chi connectivity index (χ3v) is 2.65. The van der Waals surface area contributed by atoms with Crippen molar-refractivity contribution >= 4 is 47.8 Å². The van der Waals surface area contributed by atoms with Crippen molar-refractivity contribution in [3.8, 4) is 0 Å². The Labute approximate surface area is 97.5 Å². The second-order valence-corrected chi connectivity index (χ2v) is 3.25. The summed E-state index contributed by atoms with van der Waals surface area (Å²) >= 11 is 1.52. The summed E-state index contributed by atoms with van der Waals surface area (Å²) in [5, 5.41) is 0. The zero-order chi connectivity index (χ0) is 7.68. The number of nitrogens with one attached hydrogen (secondary N) is 1. The van der Waals surface area contributed by atoms with E-state index in [1.54, 1.807) is 0 Å². The van der Waals surface area contributed by atoms with Gasteiger partial charge in [0.15, 0.2) is 0 Å². The summed E-state index contributed by atoms with van der Waals surface area (Å²) in [7, 11) is 0. The summed E-state index contributed by atoms with van der Waals surface area (Å²) in [6, 6.07) is 7.79. The summed E-state index contributed by atoms with van der Waals surface area (Å²) in [4.78, 5) is 11.7. The van der Waals surface area contributed by atoms with Gasteiger partial charge in [-0.1, -0.05) is 18.2 Å². The van der Waals surface area contributed by atoms with Gasteiger partial charge in [0, 0.05) is 4.90 Å². The first-order chi connectivity index (χ1) is 5.42. The molecule has 0 saturated heterocycles. The first-order valence-corrected chi connectivity index (χ1v) is 4.20. The van der Waals surface area contributed by atoms with Gasteiger partial charge in [-0.2, -0.15) is 0 Å². The molecule has 2 nitrogen and oxygen atoms in total. The van der Waals surface area contributed by atoms with Crippen molar-refractivity contribution < 1.29 is 4.79 Å². The van der Waals surface area contributed by atoms with Crippen molar-refractivity contribution in [1.29, 1.82) is 0 Å². The molecule has 1 atom stereocenters. The molecule has 1 aromatic carbocycles. The third kappa shape index (κ3) is 1.75. The second-order valence-electron chi connectivity index (χ2n) is 2.37. The van der Waals surface area contributed by atoms with Crippen LogP contribution in [0, 0.1) is 0 Å². The zero-order valence-electron chi connectivity index (χ0n) is 5.78. The van der Waals surface area contributed by atoms with Gasteiger partial charge in [0.2, 0.25) is 0 Å². The van der Waals surface area contributed by atoms with E-state index in [1.165, 1.54) is 11.9 Å². The van der Waals surface area contributed by atoms with Crippen molar-refractivity contribution in [3.63, 3.8) is 0 Å². The molecule has 0 amide bonds. The van der Waals surface area contributed by atoms with Crippen molar-refractivity contribution in [2.45, 2.75) is 10.9 Å². The number of fused-ring (bicyclic) bond motifs is 1. The number of carbonyl (C=O) groups is 1. The van der Waals surface area contributed by atoms with Crippen LogP contribution in [0.3, 0.4) is 0 Å². The summed E-state index contributed by atoms with van der Waals surface area (Å²) < 4.78 is 3.02. The zero-order valence-corrected chi connectivity index (χ0v) is 6.60. The number of hydrogen-bond donors (Lipinski definition) is 1. The average Bonchev–Trinajstić information content (AvgIpc) is 2.47. The Morgan fingerprint density at radius 3 is 2.92 bits per heavy atom. The molecule has 58 valence electrons. The van der Waals surface area contributed by atoms with E-state index in [4.69, 9.17) is 0 Å². The molecule has 0 saturated carbocycles. The normalized spacial score (nSPS) is 19.5. The predicted molar refractivity (Wildman–Crippen MR) is 51.4 cm³/mol. The summed E-state index contributed by atoms with van der Waals surface area (Å²) in [6.07, 6.45) is 0.929. The molecule has 1 unspecified atom stereocenters. The van der Waals surface area contributed by atoms with Crippen LogP contribution in [0.25, 0.3) is 0 Å². The van der Waals surface area contributed by atoms with Gasteiger partial charge in [0.25, 0.3) is 0 Å². The van der Waals surface area contributed by atoms with Gasteiger partial charge in [-0.05, 0) is 23.6 Å². The molecule has 0 aliphatic carbocycles. The quantitative estimate of drug-likeness (QED) is 0.404. The van der Waals surface area contributed by atoms with E-state index in [0.717, 1.165) is 16.7 Å². The van der Waals surface area contributed by atoms with Gasteiger partial charge in [-0.3, -0.25) is 0 Å². The minimum absolute atomic E-state index is 0.